The van der Waals surface area contributed by atoms with Crippen LogP contribution in [0.4, 0.5) is 5.69 Å². The van der Waals surface area contributed by atoms with Gasteiger partial charge >= 0.3 is 0 Å². The average molecular weight is 336 g/mol. The monoisotopic (exact) mass is 335 g/mol. The maximum atomic E-state index is 12.0. The van der Waals surface area contributed by atoms with E-state index in [-0.39, 0.29) is 0 Å². The van der Waals surface area contributed by atoms with Crippen molar-refractivity contribution in [3.8, 4) is 0 Å². The van der Waals surface area contributed by atoms with E-state index >= 15 is 0 Å². The molecular formula is C14H10BrNO2S. The fraction of sp³-hybridized carbons (Fsp3) is 0.143. The van der Waals surface area contributed by atoms with Gasteiger partial charge in [0, 0.05) is 15.9 Å². The number of halogens is 1. The van der Waals surface area contributed by atoms with Crippen molar-refractivity contribution in [3.63, 3.8) is 0 Å². The lowest BCUT2D eigenvalue weighted by Crippen LogP contribution is -2.31. The van der Waals surface area contributed by atoms with Crippen LogP contribution in [0.5, 0.6) is 0 Å². The number of benzene rings is 1. The molecule has 2 heterocycles. The summed E-state index contributed by atoms with van der Waals surface area (Å²) in [6.45, 7) is 0.536. The molecule has 19 heavy (non-hydrogen) atoms. The lowest BCUT2D eigenvalue weighted by atomic mass is 10.1. The smallest absolute Gasteiger partial charge is 0.299 e. The van der Waals surface area contributed by atoms with Crippen LogP contribution in [0.15, 0.2) is 40.2 Å². The van der Waals surface area contributed by atoms with Gasteiger partial charge in [0.2, 0.25) is 0 Å². The van der Waals surface area contributed by atoms with Crippen LogP contribution in [0.1, 0.15) is 15.2 Å². The van der Waals surface area contributed by atoms with Crippen LogP contribution in [0, 0.1) is 0 Å². The number of hydrogen-bond acceptors (Lipinski definition) is 3. The van der Waals surface area contributed by atoms with E-state index in [0.717, 1.165) is 10.9 Å². The molecule has 0 saturated heterocycles. The fourth-order valence-corrected chi connectivity index (χ4v) is 3.21. The Hall–Kier alpha value is -1.46. The summed E-state index contributed by atoms with van der Waals surface area (Å²) in [4.78, 5) is 26.7. The summed E-state index contributed by atoms with van der Waals surface area (Å²) in [6.07, 6.45) is 0.767. The second kappa shape index (κ2) is 4.90. The minimum absolute atomic E-state index is 0.409. The molecule has 0 aliphatic carbocycles. The third-order valence-electron chi connectivity index (χ3n) is 3.10. The molecule has 0 N–H and O–H groups in total. The fourth-order valence-electron chi connectivity index (χ4n) is 2.17. The Morgan fingerprint density at radius 2 is 2.05 bits per heavy atom. The highest BCUT2D eigenvalue weighted by molar-refractivity contribution is 9.10. The summed E-state index contributed by atoms with van der Waals surface area (Å²) in [5.41, 5.74) is 1.21. The van der Waals surface area contributed by atoms with Crippen molar-refractivity contribution in [2.75, 3.05) is 11.4 Å². The van der Waals surface area contributed by atoms with Crippen LogP contribution in [-0.4, -0.2) is 18.2 Å². The van der Waals surface area contributed by atoms with E-state index in [1.165, 1.54) is 4.88 Å². The highest BCUT2D eigenvalue weighted by atomic mass is 79.9. The van der Waals surface area contributed by atoms with Crippen LogP contribution < -0.4 is 4.90 Å². The van der Waals surface area contributed by atoms with Gasteiger partial charge in [-0.3, -0.25) is 9.59 Å². The van der Waals surface area contributed by atoms with E-state index in [1.807, 2.05) is 23.6 Å². The van der Waals surface area contributed by atoms with E-state index in [2.05, 4.69) is 15.9 Å². The van der Waals surface area contributed by atoms with Crippen LogP contribution in [0.25, 0.3) is 0 Å². The standard InChI is InChI=1S/C14H10BrNO2S/c15-9-3-4-11-12(8-9)16(14(18)13(11)17)6-5-10-2-1-7-19-10/h1-4,7-8H,5-6H2. The van der Waals surface area contributed by atoms with E-state index in [0.29, 0.717) is 17.8 Å². The third-order valence-corrected chi connectivity index (χ3v) is 4.53. The molecule has 0 unspecified atom stereocenters. The van der Waals surface area contributed by atoms with Crippen molar-refractivity contribution in [3.05, 3.63) is 50.6 Å². The van der Waals surface area contributed by atoms with Crippen molar-refractivity contribution in [1.82, 2.24) is 0 Å². The Morgan fingerprint density at radius 1 is 1.21 bits per heavy atom. The Labute approximate surface area is 123 Å². The number of carbonyl (C=O) groups excluding carboxylic acids is 2. The highest BCUT2D eigenvalue weighted by Gasteiger charge is 2.35. The average Bonchev–Trinajstić information content (AvgIpc) is 2.98. The minimum Gasteiger partial charge on any atom is -0.304 e. The van der Waals surface area contributed by atoms with Crippen LogP contribution in [0.2, 0.25) is 0 Å². The van der Waals surface area contributed by atoms with Gasteiger partial charge in [0.05, 0.1) is 11.3 Å². The Morgan fingerprint density at radius 3 is 2.79 bits per heavy atom. The predicted molar refractivity (Wildman–Crippen MR) is 78.8 cm³/mol. The maximum absolute atomic E-state index is 12.0. The van der Waals surface area contributed by atoms with Gasteiger partial charge in [0.1, 0.15) is 0 Å². The molecule has 3 rings (SSSR count). The third kappa shape index (κ3) is 2.24. The van der Waals surface area contributed by atoms with Gasteiger partial charge in [-0.2, -0.15) is 0 Å². The molecule has 96 valence electrons. The van der Waals surface area contributed by atoms with Crippen molar-refractivity contribution >= 4 is 44.6 Å². The normalized spacial score (nSPS) is 14.1. The molecule has 0 spiro atoms. The highest BCUT2D eigenvalue weighted by Crippen LogP contribution is 2.31. The van der Waals surface area contributed by atoms with Gasteiger partial charge in [-0.1, -0.05) is 22.0 Å². The summed E-state index contributed by atoms with van der Waals surface area (Å²) < 4.78 is 0.870. The zero-order valence-electron chi connectivity index (χ0n) is 9.93. The molecule has 1 aromatic heterocycles. The zero-order valence-corrected chi connectivity index (χ0v) is 12.3. The molecule has 3 nitrogen and oxygen atoms in total. The zero-order chi connectivity index (χ0) is 13.4. The Bertz CT molecular complexity index is 651. The number of nitrogens with zero attached hydrogens (tertiary/aromatic N) is 1. The van der Waals surface area contributed by atoms with Gasteiger partial charge in [0.15, 0.2) is 0 Å². The van der Waals surface area contributed by atoms with E-state index in [9.17, 15) is 9.59 Å². The molecule has 0 atom stereocenters. The number of ketones is 1. The van der Waals surface area contributed by atoms with Gasteiger partial charge in [-0.25, -0.2) is 0 Å². The number of amides is 1. The summed E-state index contributed by atoms with van der Waals surface area (Å²) in [5.74, 6) is -0.835. The van der Waals surface area contributed by atoms with Crippen LogP contribution in [-0.2, 0) is 11.2 Å². The number of Topliss-reactive ketones (excluding diaryl/α,β-unsaturated/α-hetero) is 1. The van der Waals surface area contributed by atoms with Gasteiger partial charge in [0.25, 0.3) is 11.7 Å². The molecule has 5 heteroatoms. The Kier molecular flexibility index (Phi) is 3.24. The van der Waals surface area contributed by atoms with Gasteiger partial charge in [-0.05, 0) is 36.1 Å². The number of rotatable bonds is 3. The minimum atomic E-state index is -0.426. The number of hydrogen-bond donors (Lipinski definition) is 0. The first-order valence-electron chi connectivity index (χ1n) is 5.85. The lowest BCUT2D eigenvalue weighted by molar-refractivity contribution is -0.114. The SMILES string of the molecule is O=C1C(=O)N(CCc2cccs2)c2cc(Br)ccc21. The maximum Gasteiger partial charge on any atom is 0.299 e. The Balaban J connectivity index is 1.88. The molecule has 0 radical (unpaired) electrons. The lowest BCUT2D eigenvalue weighted by Gasteiger charge is -2.16. The van der Waals surface area contributed by atoms with Crippen molar-refractivity contribution in [2.45, 2.75) is 6.42 Å². The number of anilines is 1. The molecule has 1 amide bonds. The first-order chi connectivity index (χ1) is 9.16. The molecule has 1 aromatic carbocycles. The van der Waals surface area contributed by atoms with E-state index in [4.69, 9.17) is 0 Å². The topological polar surface area (TPSA) is 37.4 Å². The number of fused-ring (bicyclic) bond motifs is 1. The first-order valence-corrected chi connectivity index (χ1v) is 7.52. The van der Waals surface area contributed by atoms with Gasteiger partial charge < -0.3 is 4.90 Å². The second-order valence-corrected chi connectivity index (χ2v) is 6.22. The van der Waals surface area contributed by atoms with Crippen LogP contribution in [0.3, 0.4) is 0 Å². The quantitative estimate of drug-likeness (QED) is 0.807. The number of carbonyl (C=O) groups is 2. The molecule has 0 bridgehead atoms. The summed E-state index contributed by atoms with van der Waals surface area (Å²) in [5, 5.41) is 2.01. The summed E-state index contributed by atoms with van der Waals surface area (Å²) in [6, 6.07) is 9.33. The molecule has 1 aliphatic heterocycles. The largest absolute Gasteiger partial charge is 0.304 e. The predicted octanol–water partition coefficient (Wildman–Crippen LogP) is 3.28. The van der Waals surface area contributed by atoms with Crippen LogP contribution >= 0.6 is 27.3 Å². The van der Waals surface area contributed by atoms with E-state index < -0.39 is 11.7 Å². The first kappa shape index (κ1) is 12.6. The summed E-state index contributed by atoms with van der Waals surface area (Å²) in [7, 11) is 0. The molecule has 1 aliphatic rings. The summed E-state index contributed by atoms with van der Waals surface area (Å²) >= 11 is 5.04. The van der Waals surface area contributed by atoms with Crippen molar-refractivity contribution in [2.24, 2.45) is 0 Å². The van der Waals surface area contributed by atoms with Gasteiger partial charge in [-0.15, -0.1) is 11.3 Å². The molecule has 0 fully saturated rings. The van der Waals surface area contributed by atoms with Crippen molar-refractivity contribution < 1.29 is 9.59 Å². The molecule has 2 aromatic rings. The second-order valence-electron chi connectivity index (χ2n) is 4.28. The number of thiophene rings is 1. The van der Waals surface area contributed by atoms with Crippen molar-refractivity contribution in [1.29, 1.82) is 0 Å². The van der Waals surface area contributed by atoms with E-state index in [1.54, 1.807) is 28.4 Å². The molecule has 0 saturated carbocycles. The molecular weight excluding hydrogens is 326 g/mol.